The molecule has 1 aliphatic heterocycles. The van der Waals surface area contributed by atoms with E-state index in [0.29, 0.717) is 19.4 Å². The van der Waals surface area contributed by atoms with Crippen molar-refractivity contribution < 1.29 is 9.59 Å². The molecule has 0 atom stereocenters. The average Bonchev–Trinajstić information content (AvgIpc) is 2.44. The second-order valence-electron chi connectivity index (χ2n) is 5.03. The molecule has 4 nitrogen and oxygen atoms in total. The standard InChI is InChI=1S/C11H20N2O2/c1-11(2,3)12-9(14)6-8-13-7-4-5-10(13)15/h4-8H2,1-3H3,(H,12,14). The first-order chi connectivity index (χ1) is 6.88. The Morgan fingerprint density at radius 3 is 2.60 bits per heavy atom. The summed E-state index contributed by atoms with van der Waals surface area (Å²) in [5.41, 5.74) is -0.188. The van der Waals surface area contributed by atoms with Crippen molar-refractivity contribution in [2.45, 2.75) is 45.6 Å². The normalized spacial score (nSPS) is 17.0. The summed E-state index contributed by atoms with van der Waals surface area (Å²) < 4.78 is 0. The molecule has 1 aliphatic rings. The number of rotatable bonds is 3. The van der Waals surface area contributed by atoms with Gasteiger partial charge in [0.05, 0.1) is 0 Å². The van der Waals surface area contributed by atoms with Crippen LogP contribution < -0.4 is 5.32 Å². The minimum atomic E-state index is -0.188. The molecule has 2 amide bonds. The molecule has 1 N–H and O–H groups in total. The molecule has 1 saturated heterocycles. The van der Waals surface area contributed by atoms with Gasteiger partial charge in [-0.3, -0.25) is 9.59 Å². The lowest BCUT2D eigenvalue weighted by atomic mass is 10.1. The third kappa shape index (κ3) is 4.32. The highest BCUT2D eigenvalue weighted by atomic mass is 16.2. The van der Waals surface area contributed by atoms with Crippen molar-refractivity contribution in [3.05, 3.63) is 0 Å². The van der Waals surface area contributed by atoms with Gasteiger partial charge in [0.1, 0.15) is 0 Å². The molecule has 0 aliphatic carbocycles. The third-order valence-corrected chi connectivity index (χ3v) is 2.29. The SMILES string of the molecule is CC(C)(C)NC(=O)CCN1CCCC1=O. The maximum Gasteiger partial charge on any atom is 0.222 e. The molecule has 0 spiro atoms. The summed E-state index contributed by atoms with van der Waals surface area (Å²) in [7, 11) is 0. The molecule has 0 aromatic carbocycles. The quantitative estimate of drug-likeness (QED) is 0.756. The van der Waals surface area contributed by atoms with Crippen LogP contribution in [0.5, 0.6) is 0 Å². The minimum Gasteiger partial charge on any atom is -0.351 e. The van der Waals surface area contributed by atoms with E-state index in [0.717, 1.165) is 13.0 Å². The Morgan fingerprint density at radius 2 is 2.13 bits per heavy atom. The maximum absolute atomic E-state index is 11.5. The van der Waals surface area contributed by atoms with Gasteiger partial charge in [0, 0.05) is 31.5 Å². The fourth-order valence-corrected chi connectivity index (χ4v) is 1.66. The molecular formula is C11H20N2O2. The Balaban J connectivity index is 2.25. The smallest absolute Gasteiger partial charge is 0.222 e. The lowest BCUT2D eigenvalue weighted by Gasteiger charge is -2.21. The van der Waals surface area contributed by atoms with Gasteiger partial charge in [0.2, 0.25) is 11.8 Å². The minimum absolute atomic E-state index is 0.0159. The Labute approximate surface area is 91.0 Å². The molecule has 0 aromatic rings. The van der Waals surface area contributed by atoms with Crippen molar-refractivity contribution >= 4 is 11.8 Å². The van der Waals surface area contributed by atoms with Crippen LogP contribution in [0.25, 0.3) is 0 Å². The lowest BCUT2D eigenvalue weighted by Crippen LogP contribution is -2.42. The number of likely N-dealkylation sites (tertiary alicyclic amines) is 1. The van der Waals surface area contributed by atoms with Crippen molar-refractivity contribution in [3.8, 4) is 0 Å². The van der Waals surface area contributed by atoms with Crippen LogP contribution in [0.4, 0.5) is 0 Å². The van der Waals surface area contributed by atoms with Gasteiger partial charge in [-0.2, -0.15) is 0 Å². The van der Waals surface area contributed by atoms with E-state index in [1.807, 2.05) is 20.8 Å². The van der Waals surface area contributed by atoms with Crippen LogP contribution in [0.3, 0.4) is 0 Å². The van der Waals surface area contributed by atoms with Gasteiger partial charge in [0.25, 0.3) is 0 Å². The molecule has 86 valence electrons. The highest BCUT2D eigenvalue weighted by molar-refractivity contribution is 5.80. The van der Waals surface area contributed by atoms with Gasteiger partial charge in [-0.15, -0.1) is 0 Å². The van der Waals surface area contributed by atoms with E-state index in [1.54, 1.807) is 4.90 Å². The molecule has 1 fully saturated rings. The van der Waals surface area contributed by atoms with Gasteiger partial charge < -0.3 is 10.2 Å². The second-order valence-corrected chi connectivity index (χ2v) is 5.03. The molecule has 1 heterocycles. The predicted octanol–water partition coefficient (Wildman–Crippen LogP) is 0.914. The van der Waals surface area contributed by atoms with Gasteiger partial charge >= 0.3 is 0 Å². The van der Waals surface area contributed by atoms with E-state index in [9.17, 15) is 9.59 Å². The van der Waals surface area contributed by atoms with Crippen molar-refractivity contribution in [1.82, 2.24) is 10.2 Å². The maximum atomic E-state index is 11.5. The summed E-state index contributed by atoms with van der Waals surface area (Å²) in [5.74, 6) is 0.195. The Hall–Kier alpha value is -1.06. The molecular weight excluding hydrogens is 192 g/mol. The van der Waals surface area contributed by atoms with Crippen molar-refractivity contribution in [2.24, 2.45) is 0 Å². The Bertz CT molecular complexity index is 256. The summed E-state index contributed by atoms with van der Waals surface area (Å²) in [4.78, 5) is 24.5. The van der Waals surface area contributed by atoms with E-state index >= 15 is 0 Å². The van der Waals surface area contributed by atoms with Crippen LogP contribution in [0.1, 0.15) is 40.0 Å². The number of carbonyl (C=O) groups excluding carboxylic acids is 2. The molecule has 0 saturated carbocycles. The number of amides is 2. The fraction of sp³-hybridized carbons (Fsp3) is 0.818. The molecule has 0 radical (unpaired) electrons. The first-order valence-electron chi connectivity index (χ1n) is 5.47. The number of carbonyl (C=O) groups is 2. The van der Waals surface area contributed by atoms with Gasteiger partial charge in [-0.05, 0) is 27.2 Å². The van der Waals surface area contributed by atoms with E-state index in [2.05, 4.69) is 5.32 Å². The van der Waals surface area contributed by atoms with Gasteiger partial charge in [-0.25, -0.2) is 0 Å². The second kappa shape index (κ2) is 4.64. The first-order valence-corrected chi connectivity index (χ1v) is 5.47. The van der Waals surface area contributed by atoms with Gasteiger partial charge in [-0.1, -0.05) is 0 Å². The van der Waals surface area contributed by atoms with Crippen molar-refractivity contribution in [1.29, 1.82) is 0 Å². The van der Waals surface area contributed by atoms with E-state index in [-0.39, 0.29) is 17.4 Å². The highest BCUT2D eigenvalue weighted by Crippen LogP contribution is 2.09. The van der Waals surface area contributed by atoms with Crippen LogP contribution in [0, 0.1) is 0 Å². The topological polar surface area (TPSA) is 49.4 Å². The van der Waals surface area contributed by atoms with Crippen molar-refractivity contribution in [3.63, 3.8) is 0 Å². The molecule has 15 heavy (non-hydrogen) atoms. The number of nitrogens with one attached hydrogen (secondary N) is 1. The highest BCUT2D eigenvalue weighted by Gasteiger charge is 2.21. The molecule has 4 heteroatoms. The third-order valence-electron chi connectivity index (χ3n) is 2.29. The van der Waals surface area contributed by atoms with Crippen LogP contribution >= 0.6 is 0 Å². The van der Waals surface area contributed by atoms with Gasteiger partial charge in [0.15, 0.2) is 0 Å². The van der Waals surface area contributed by atoms with Crippen LogP contribution in [0.2, 0.25) is 0 Å². The molecule has 1 rings (SSSR count). The summed E-state index contributed by atoms with van der Waals surface area (Å²) in [6.45, 7) is 7.21. The van der Waals surface area contributed by atoms with Crippen LogP contribution in [0.15, 0.2) is 0 Å². The summed E-state index contributed by atoms with van der Waals surface area (Å²) in [6.07, 6.45) is 1.98. The molecule has 0 bridgehead atoms. The molecule has 0 aromatic heterocycles. The zero-order valence-corrected chi connectivity index (χ0v) is 9.80. The summed E-state index contributed by atoms with van der Waals surface area (Å²) in [5, 5.41) is 2.88. The number of hydrogen-bond acceptors (Lipinski definition) is 2. The van der Waals surface area contributed by atoms with E-state index in [4.69, 9.17) is 0 Å². The number of nitrogens with zero attached hydrogens (tertiary/aromatic N) is 1. The van der Waals surface area contributed by atoms with Crippen molar-refractivity contribution in [2.75, 3.05) is 13.1 Å². The lowest BCUT2D eigenvalue weighted by molar-refractivity contribution is -0.128. The molecule has 0 unspecified atom stereocenters. The fourth-order valence-electron chi connectivity index (χ4n) is 1.66. The zero-order chi connectivity index (χ0) is 11.5. The van der Waals surface area contributed by atoms with E-state index in [1.165, 1.54) is 0 Å². The average molecular weight is 212 g/mol. The Morgan fingerprint density at radius 1 is 1.47 bits per heavy atom. The summed E-state index contributed by atoms with van der Waals surface area (Å²) in [6, 6.07) is 0. The predicted molar refractivity (Wildman–Crippen MR) is 58.3 cm³/mol. The largest absolute Gasteiger partial charge is 0.351 e. The van der Waals surface area contributed by atoms with E-state index < -0.39 is 0 Å². The summed E-state index contributed by atoms with van der Waals surface area (Å²) >= 11 is 0. The number of hydrogen-bond donors (Lipinski definition) is 1. The van der Waals surface area contributed by atoms with Crippen LogP contribution in [-0.4, -0.2) is 35.3 Å². The Kier molecular flexibility index (Phi) is 3.72. The first kappa shape index (κ1) is 12.0. The zero-order valence-electron chi connectivity index (χ0n) is 9.80. The van der Waals surface area contributed by atoms with Crippen LogP contribution in [-0.2, 0) is 9.59 Å². The monoisotopic (exact) mass is 212 g/mol.